The molecule has 90 valence electrons. The average molecular weight is 223 g/mol. The van der Waals surface area contributed by atoms with Gasteiger partial charge in [0, 0.05) is 31.2 Å². The minimum atomic E-state index is 0.309. The Morgan fingerprint density at radius 2 is 2.19 bits per heavy atom. The highest BCUT2D eigenvalue weighted by Crippen LogP contribution is 2.20. The SMILES string of the molecule is Cc1noc(C)c1CN1CC(C)CC(N)C1. The number of aromatic nitrogens is 1. The summed E-state index contributed by atoms with van der Waals surface area (Å²) in [5.74, 6) is 1.62. The van der Waals surface area contributed by atoms with E-state index in [1.165, 1.54) is 5.56 Å². The van der Waals surface area contributed by atoms with Gasteiger partial charge in [-0.3, -0.25) is 4.90 Å². The number of piperidine rings is 1. The van der Waals surface area contributed by atoms with Crippen LogP contribution in [0.2, 0.25) is 0 Å². The van der Waals surface area contributed by atoms with Crippen LogP contribution in [-0.2, 0) is 6.54 Å². The van der Waals surface area contributed by atoms with Crippen LogP contribution in [0.5, 0.6) is 0 Å². The van der Waals surface area contributed by atoms with Crippen molar-refractivity contribution in [3.05, 3.63) is 17.0 Å². The normalized spacial score (nSPS) is 27.2. The van der Waals surface area contributed by atoms with Crippen molar-refractivity contribution >= 4 is 0 Å². The lowest BCUT2D eigenvalue weighted by Gasteiger charge is -2.34. The summed E-state index contributed by atoms with van der Waals surface area (Å²) >= 11 is 0. The highest BCUT2D eigenvalue weighted by Gasteiger charge is 2.23. The highest BCUT2D eigenvalue weighted by molar-refractivity contribution is 5.20. The van der Waals surface area contributed by atoms with Gasteiger partial charge in [-0.05, 0) is 26.2 Å². The molecule has 1 saturated heterocycles. The van der Waals surface area contributed by atoms with Crippen molar-refractivity contribution in [3.8, 4) is 0 Å². The minimum Gasteiger partial charge on any atom is -0.361 e. The molecule has 0 aromatic carbocycles. The minimum absolute atomic E-state index is 0.309. The van der Waals surface area contributed by atoms with E-state index in [0.29, 0.717) is 12.0 Å². The summed E-state index contributed by atoms with van der Waals surface area (Å²) in [5, 5.41) is 3.99. The molecular weight excluding hydrogens is 202 g/mol. The van der Waals surface area contributed by atoms with Crippen molar-refractivity contribution in [1.29, 1.82) is 0 Å². The number of nitrogens with zero attached hydrogens (tertiary/aromatic N) is 2. The summed E-state index contributed by atoms with van der Waals surface area (Å²) in [6.45, 7) is 9.26. The molecule has 1 fully saturated rings. The Hall–Kier alpha value is -0.870. The van der Waals surface area contributed by atoms with Crippen LogP contribution in [0.1, 0.15) is 30.4 Å². The van der Waals surface area contributed by atoms with Gasteiger partial charge < -0.3 is 10.3 Å². The van der Waals surface area contributed by atoms with Crippen molar-refractivity contribution in [2.24, 2.45) is 11.7 Å². The molecule has 2 heterocycles. The predicted molar refractivity (Wildman–Crippen MR) is 63.0 cm³/mol. The van der Waals surface area contributed by atoms with Gasteiger partial charge in [-0.2, -0.15) is 0 Å². The Kier molecular flexibility index (Phi) is 3.30. The van der Waals surface area contributed by atoms with Crippen LogP contribution < -0.4 is 5.73 Å². The van der Waals surface area contributed by atoms with E-state index in [9.17, 15) is 0 Å². The van der Waals surface area contributed by atoms with E-state index < -0.39 is 0 Å². The zero-order valence-electron chi connectivity index (χ0n) is 10.4. The second-order valence-electron chi connectivity index (χ2n) is 5.10. The molecule has 1 aliphatic rings. The van der Waals surface area contributed by atoms with Gasteiger partial charge in [0.05, 0.1) is 5.69 Å². The summed E-state index contributed by atoms with van der Waals surface area (Å²) in [4.78, 5) is 2.41. The van der Waals surface area contributed by atoms with E-state index in [4.69, 9.17) is 10.3 Å². The molecule has 4 heteroatoms. The first-order valence-corrected chi connectivity index (χ1v) is 5.96. The van der Waals surface area contributed by atoms with Crippen molar-refractivity contribution in [3.63, 3.8) is 0 Å². The Morgan fingerprint density at radius 1 is 1.44 bits per heavy atom. The van der Waals surface area contributed by atoms with E-state index in [2.05, 4.69) is 17.0 Å². The summed E-state index contributed by atoms with van der Waals surface area (Å²) < 4.78 is 5.18. The highest BCUT2D eigenvalue weighted by atomic mass is 16.5. The molecule has 1 aromatic heterocycles. The first kappa shape index (κ1) is 11.6. The lowest BCUT2D eigenvalue weighted by molar-refractivity contribution is 0.157. The largest absolute Gasteiger partial charge is 0.361 e. The Balaban J connectivity index is 2.04. The number of nitrogens with two attached hydrogens (primary N) is 1. The van der Waals surface area contributed by atoms with Gasteiger partial charge in [-0.25, -0.2) is 0 Å². The third-order valence-electron chi connectivity index (χ3n) is 3.33. The molecule has 0 aliphatic carbocycles. The van der Waals surface area contributed by atoms with Crippen molar-refractivity contribution in [2.45, 2.75) is 39.8 Å². The van der Waals surface area contributed by atoms with Gasteiger partial charge in [0.25, 0.3) is 0 Å². The lowest BCUT2D eigenvalue weighted by Crippen LogP contribution is -2.45. The van der Waals surface area contributed by atoms with Crippen LogP contribution >= 0.6 is 0 Å². The van der Waals surface area contributed by atoms with Gasteiger partial charge in [0.2, 0.25) is 0 Å². The molecule has 2 rings (SSSR count). The van der Waals surface area contributed by atoms with E-state index in [0.717, 1.165) is 37.5 Å². The van der Waals surface area contributed by atoms with E-state index in [-0.39, 0.29) is 0 Å². The Bertz CT molecular complexity index is 332. The maximum Gasteiger partial charge on any atom is 0.138 e. The topological polar surface area (TPSA) is 55.3 Å². The lowest BCUT2D eigenvalue weighted by atomic mass is 9.96. The molecule has 1 aromatic rings. The quantitative estimate of drug-likeness (QED) is 0.824. The number of rotatable bonds is 2. The molecule has 0 saturated carbocycles. The van der Waals surface area contributed by atoms with E-state index in [1.54, 1.807) is 0 Å². The summed E-state index contributed by atoms with van der Waals surface area (Å²) in [5.41, 5.74) is 8.27. The third-order valence-corrected chi connectivity index (χ3v) is 3.33. The van der Waals surface area contributed by atoms with Gasteiger partial charge >= 0.3 is 0 Å². The standard InChI is InChI=1S/C12H21N3O/c1-8-4-11(13)6-15(5-8)7-12-9(2)14-16-10(12)3/h8,11H,4-7,13H2,1-3H3. The summed E-state index contributed by atoms with van der Waals surface area (Å²) in [6.07, 6.45) is 1.14. The van der Waals surface area contributed by atoms with Crippen LogP contribution in [0, 0.1) is 19.8 Å². The average Bonchev–Trinajstić information content (AvgIpc) is 2.48. The van der Waals surface area contributed by atoms with Crippen LogP contribution in [0.4, 0.5) is 0 Å². The fourth-order valence-corrected chi connectivity index (χ4v) is 2.59. The molecule has 2 unspecified atom stereocenters. The van der Waals surface area contributed by atoms with Crippen LogP contribution in [0.25, 0.3) is 0 Å². The van der Waals surface area contributed by atoms with Gasteiger partial charge in [0.1, 0.15) is 5.76 Å². The predicted octanol–water partition coefficient (Wildman–Crippen LogP) is 1.46. The summed E-state index contributed by atoms with van der Waals surface area (Å²) in [7, 11) is 0. The molecule has 16 heavy (non-hydrogen) atoms. The maximum absolute atomic E-state index is 6.04. The maximum atomic E-state index is 6.04. The zero-order chi connectivity index (χ0) is 11.7. The third kappa shape index (κ3) is 2.44. The van der Waals surface area contributed by atoms with Crippen LogP contribution in [-0.4, -0.2) is 29.2 Å². The van der Waals surface area contributed by atoms with E-state index >= 15 is 0 Å². The monoisotopic (exact) mass is 223 g/mol. The van der Waals surface area contributed by atoms with Gasteiger partial charge in [0.15, 0.2) is 0 Å². The zero-order valence-corrected chi connectivity index (χ0v) is 10.4. The molecule has 0 bridgehead atoms. The second kappa shape index (κ2) is 4.55. The van der Waals surface area contributed by atoms with Crippen LogP contribution in [0.15, 0.2) is 4.52 Å². The van der Waals surface area contributed by atoms with Gasteiger partial charge in [-0.1, -0.05) is 12.1 Å². The molecule has 0 spiro atoms. The molecule has 0 radical (unpaired) electrons. The van der Waals surface area contributed by atoms with Crippen LogP contribution in [0.3, 0.4) is 0 Å². The number of aryl methyl sites for hydroxylation is 2. The second-order valence-corrected chi connectivity index (χ2v) is 5.10. The molecule has 1 aliphatic heterocycles. The van der Waals surface area contributed by atoms with Crippen molar-refractivity contribution < 1.29 is 4.52 Å². The molecule has 0 amide bonds. The first-order valence-electron chi connectivity index (χ1n) is 5.96. The molecule has 4 nitrogen and oxygen atoms in total. The molecule has 2 atom stereocenters. The molecule has 2 N–H and O–H groups in total. The Morgan fingerprint density at radius 3 is 2.75 bits per heavy atom. The van der Waals surface area contributed by atoms with Crippen molar-refractivity contribution in [2.75, 3.05) is 13.1 Å². The van der Waals surface area contributed by atoms with E-state index in [1.807, 2.05) is 13.8 Å². The summed E-state index contributed by atoms with van der Waals surface area (Å²) in [6, 6.07) is 0.309. The number of hydrogen-bond acceptors (Lipinski definition) is 4. The Labute approximate surface area is 96.8 Å². The first-order chi connectivity index (χ1) is 7.56. The molecular formula is C12H21N3O. The number of likely N-dealkylation sites (tertiary alicyclic amines) is 1. The van der Waals surface area contributed by atoms with Gasteiger partial charge in [-0.15, -0.1) is 0 Å². The van der Waals surface area contributed by atoms with Crippen molar-refractivity contribution in [1.82, 2.24) is 10.1 Å². The number of hydrogen-bond donors (Lipinski definition) is 1. The smallest absolute Gasteiger partial charge is 0.138 e. The fourth-order valence-electron chi connectivity index (χ4n) is 2.59. The fraction of sp³-hybridized carbons (Fsp3) is 0.750.